The topological polar surface area (TPSA) is 69.6 Å². The summed E-state index contributed by atoms with van der Waals surface area (Å²) >= 11 is 0. The van der Waals surface area contributed by atoms with E-state index in [0.29, 0.717) is 13.0 Å². The first-order valence-electron chi connectivity index (χ1n) is 6.14. The Morgan fingerprint density at radius 2 is 2.00 bits per heavy atom. The number of aliphatic carboxylic acids is 1. The molecule has 2 atom stereocenters. The van der Waals surface area contributed by atoms with E-state index < -0.39 is 11.9 Å². The zero-order valence-electron chi connectivity index (χ0n) is 10.4. The van der Waals surface area contributed by atoms with E-state index in [2.05, 4.69) is 10.2 Å². The van der Waals surface area contributed by atoms with Crippen molar-refractivity contribution in [1.82, 2.24) is 10.2 Å². The summed E-state index contributed by atoms with van der Waals surface area (Å²) in [4.78, 5) is 24.6. The van der Waals surface area contributed by atoms with E-state index in [0.717, 1.165) is 12.8 Å². The molecule has 0 aromatic heterocycles. The number of carboxylic acid groups (broad SMARTS) is 1. The molecule has 5 heteroatoms. The normalized spacial score (nSPS) is 29.6. The molecule has 17 heavy (non-hydrogen) atoms. The first kappa shape index (κ1) is 12.4. The predicted octanol–water partition coefficient (Wildman–Crippen LogP) is 0.308. The summed E-state index contributed by atoms with van der Waals surface area (Å²) in [6.45, 7) is 0.641. The minimum Gasteiger partial charge on any atom is -0.481 e. The van der Waals surface area contributed by atoms with Crippen LogP contribution in [0.1, 0.15) is 25.7 Å². The second-order valence-corrected chi connectivity index (χ2v) is 5.48. The molecule has 2 rings (SSSR count). The van der Waals surface area contributed by atoms with Gasteiger partial charge >= 0.3 is 5.97 Å². The first-order chi connectivity index (χ1) is 7.96. The van der Waals surface area contributed by atoms with Gasteiger partial charge in [0.15, 0.2) is 0 Å². The maximum atomic E-state index is 11.7. The third-order valence-corrected chi connectivity index (χ3v) is 4.27. The summed E-state index contributed by atoms with van der Waals surface area (Å²) in [5.41, 5.74) is 0.100. The van der Waals surface area contributed by atoms with Crippen molar-refractivity contribution in [1.29, 1.82) is 0 Å². The number of nitrogens with one attached hydrogen (secondary N) is 1. The second-order valence-electron chi connectivity index (χ2n) is 5.48. The minimum absolute atomic E-state index is 0.0921. The van der Waals surface area contributed by atoms with Crippen molar-refractivity contribution < 1.29 is 14.7 Å². The molecule has 96 valence electrons. The molecule has 1 amide bonds. The molecular weight excluding hydrogens is 220 g/mol. The highest BCUT2D eigenvalue weighted by Crippen LogP contribution is 2.39. The van der Waals surface area contributed by atoms with Crippen molar-refractivity contribution in [3.05, 3.63) is 0 Å². The molecule has 2 unspecified atom stereocenters. The summed E-state index contributed by atoms with van der Waals surface area (Å²) in [5.74, 6) is -1.69. The molecule has 2 fully saturated rings. The number of rotatable bonds is 5. The van der Waals surface area contributed by atoms with Crippen molar-refractivity contribution >= 4 is 11.9 Å². The highest BCUT2D eigenvalue weighted by atomic mass is 16.4. The smallest absolute Gasteiger partial charge is 0.307 e. The maximum absolute atomic E-state index is 11.7. The van der Waals surface area contributed by atoms with Crippen LogP contribution in [0.15, 0.2) is 0 Å². The number of amides is 1. The third-order valence-electron chi connectivity index (χ3n) is 4.27. The Morgan fingerprint density at radius 1 is 1.35 bits per heavy atom. The number of hydrogen-bond donors (Lipinski definition) is 2. The van der Waals surface area contributed by atoms with E-state index in [1.807, 2.05) is 14.1 Å². The van der Waals surface area contributed by atoms with Crippen molar-refractivity contribution in [3.8, 4) is 0 Å². The quantitative estimate of drug-likeness (QED) is 0.725. The minimum atomic E-state index is -0.851. The number of carboxylic acids is 1. The van der Waals surface area contributed by atoms with Crippen LogP contribution in [0.3, 0.4) is 0 Å². The van der Waals surface area contributed by atoms with Crippen LogP contribution in [0.5, 0.6) is 0 Å². The molecule has 2 saturated carbocycles. The molecule has 2 aliphatic rings. The van der Waals surface area contributed by atoms with E-state index in [9.17, 15) is 9.59 Å². The zero-order valence-corrected chi connectivity index (χ0v) is 10.4. The summed E-state index contributed by atoms with van der Waals surface area (Å²) in [6.07, 6.45) is 3.91. The lowest BCUT2D eigenvalue weighted by Crippen LogP contribution is -2.57. The van der Waals surface area contributed by atoms with E-state index in [1.165, 1.54) is 6.42 Å². The highest BCUT2D eigenvalue weighted by Gasteiger charge is 2.49. The van der Waals surface area contributed by atoms with Gasteiger partial charge < -0.3 is 15.3 Å². The number of carbonyl (C=O) groups is 2. The maximum Gasteiger partial charge on any atom is 0.307 e. The Labute approximate surface area is 101 Å². The van der Waals surface area contributed by atoms with Crippen LogP contribution in [0.4, 0.5) is 0 Å². The Balaban J connectivity index is 1.79. The third kappa shape index (κ3) is 2.29. The van der Waals surface area contributed by atoms with Crippen molar-refractivity contribution in [3.63, 3.8) is 0 Å². The summed E-state index contributed by atoms with van der Waals surface area (Å²) < 4.78 is 0. The lowest BCUT2D eigenvalue weighted by molar-refractivity contribution is -0.140. The van der Waals surface area contributed by atoms with Gasteiger partial charge in [0.25, 0.3) is 0 Å². The Morgan fingerprint density at radius 3 is 2.35 bits per heavy atom. The first-order valence-corrected chi connectivity index (χ1v) is 6.14. The second kappa shape index (κ2) is 4.29. The van der Waals surface area contributed by atoms with Gasteiger partial charge in [-0.15, -0.1) is 0 Å². The molecule has 0 aromatic rings. The lowest BCUT2D eigenvalue weighted by Gasteiger charge is -2.47. The van der Waals surface area contributed by atoms with Gasteiger partial charge in [-0.25, -0.2) is 0 Å². The molecular formula is C12H20N2O3. The summed E-state index contributed by atoms with van der Waals surface area (Å²) in [7, 11) is 4.06. The zero-order chi connectivity index (χ0) is 12.6. The van der Waals surface area contributed by atoms with E-state index in [4.69, 9.17) is 5.11 Å². The molecule has 0 aromatic carbocycles. The molecule has 0 radical (unpaired) electrons. The Bertz CT molecular complexity index is 337. The molecule has 2 aliphatic carbocycles. The summed E-state index contributed by atoms with van der Waals surface area (Å²) in [6, 6.07) is 0. The van der Waals surface area contributed by atoms with Crippen molar-refractivity contribution in [2.75, 3.05) is 20.6 Å². The number of nitrogens with zero attached hydrogens (tertiary/aromatic N) is 1. The summed E-state index contributed by atoms with van der Waals surface area (Å²) in [5, 5.41) is 11.7. The standard InChI is InChI=1S/C12H20N2O3/c1-14(2)12(4-3-5-12)7-13-10(15)8-6-9(8)11(16)17/h8-9H,3-7H2,1-2H3,(H,13,15)(H,16,17). The predicted molar refractivity (Wildman–Crippen MR) is 62.5 cm³/mol. The van der Waals surface area contributed by atoms with Gasteiger partial charge in [-0.3, -0.25) is 9.59 Å². The number of likely N-dealkylation sites (N-methyl/N-ethyl adjacent to an activating group) is 1. The fourth-order valence-corrected chi connectivity index (χ4v) is 2.51. The fraction of sp³-hybridized carbons (Fsp3) is 0.833. The van der Waals surface area contributed by atoms with Crippen molar-refractivity contribution in [2.24, 2.45) is 11.8 Å². The van der Waals surface area contributed by atoms with Crippen LogP contribution in [0, 0.1) is 11.8 Å². The van der Waals surface area contributed by atoms with E-state index in [-0.39, 0.29) is 17.4 Å². The SMILES string of the molecule is CN(C)C1(CNC(=O)C2CC2C(=O)O)CCC1. The van der Waals surface area contributed by atoms with Gasteiger partial charge in [0, 0.05) is 12.1 Å². The molecule has 5 nitrogen and oxygen atoms in total. The van der Waals surface area contributed by atoms with Gasteiger partial charge in [-0.05, 0) is 39.8 Å². The monoisotopic (exact) mass is 240 g/mol. The Hall–Kier alpha value is -1.10. The van der Waals surface area contributed by atoms with Gasteiger partial charge in [0.1, 0.15) is 0 Å². The van der Waals surface area contributed by atoms with Crippen LogP contribution < -0.4 is 5.32 Å². The van der Waals surface area contributed by atoms with Gasteiger partial charge in [-0.1, -0.05) is 0 Å². The van der Waals surface area contributed by atoms with Crippen LogP contribution in [0.25, 0.3) is 0 Å². The largest absolute Gasteiger partial charge is 0.481 e. The number of hydrogen-bond acceptors (Lipinski definition) is 3. The molecule has 2 N–H and O–H groups in total. The molecule has 0 heterocycles. The van der Waals surface area contributed by atoms with E-state index in [1.54, 1.807) is 0 Å². The molecule has 0 saturated heterocycles. The van der Waals surface area contributed by atoms with Crippen LogP contribution in [-0.2, 0) is 9.59 Å². The average molecular weight is 240 g/mol. The van der Waals surface area contributed by atoms with Gasteiger partial charge in [-0.2, -0.15) is 0 Å². The van der Waals surface area contributed by atoms with E-state index >= 15 is 0 Å². The molecule has 0 aliphatic heterocycles. The fourth-order valence-electron chi connectivity index (χ4n) is 2.51. The average Bonchev–Trinajstić information content (AvgIpc) is 2.94. The van der Waals surface area contributed by atoms with Crippen molar-refractivity contribution in [2.45, 2.75) is 31.2 Å². The molecule has 0 spiro atoms. The van der Waals surface area contributed by atoms with Gasteiger partial charge in [0.05, 0.1) is 11.8 Å². The Kier molecular flexibility index (Phi) is 3.12. The van der Waals surface area contributed by atoms with Gasteiger partial charge in [0.2, 0.25) is 5.91 Å². The molecule has 0 bridgehead atoms. The lowest BCUT2D eigenvalue weighted by atomic mass is 9.75. The van der Waals surface area contributed by atoms with Crippen LogP contribution in [-0.4, -0.2) is 48.1 Å². The van der Waals surface area contributed by atoms with Crippen LogP contribution >= 0.6 is 0 Å². The highest BCUT2D eigenvalue weighted by molar-refractivity contribution is 5.89. The van der Waals surface area contributed by atoms with Crippen LogP contribution in [0.2, 0.25) is 0 Å². The number of carbonyl (C=O) groups excluding carboxylic acids is 1.